The second-order valence-electron chi connectivity index (χ2n) is 3.69. The van der Waals surface area contributed by atoms with Crippen molar-refractivity contribution in [3.63, 3.8) is 0 Å². The summed E-state index contributed by atoms with van der Waals surface area (Å²) in [4.78, 5) is 11.8. The first-order valence-corrected chi connectivity index (χ1v) is 5.98. The van der Waals surface area contributed by atoms with E-state index in [1.807, 2.05) is 37.3 Å². The molecule has 0 aliphatic carbocycles. The van der Waals surface area contributed by atoms with E-state index in [0.29, 0.717) is 0 Å². The van der Waals surface area contributed by atoms with Gasteiger partial charge in [-0.1, -0.05) is 22.0 Å². The van der Waals surface area contributed by atoms with Crippen LogP contribution < -0.4 is 5.32 Å². The van der Waals surface area contributed by atoms with E-state index in [2.05, 4.69) is 26.3 Å². The zero-order chi connectivity index (χ0) is 12.3. The van der Waals surface area contributed by atoms with E-state index in [1.54, 1.807) is 10.9 Å². The molecule has 1 heterocycles. The summed E-state index contributed by atoms with van der Waals surface area (Å²) in [5.41, 5.74) is 1.74. The van der Waals surface area contributed by atoms with Gasteiger partial charge in [-0.3, -0.25) is 9.48 Å². The molecule has 0 aliphatic rings. The number of rotatable bonds is 3. The Morgan fingerprint density at radius 3 is 2.94 bits per heavy atom. The van der Waals surface area contributed by atoms with Crippen LogP contribution in [0.15, 0.2) is 41.0 Å². The average Bonchev–Trinajstić information content (AvgIpc) is 2.64. The molecule has 0 unspecified atom stereocenters. The van der Waals surface area contributed by atoms with Crippen molar-refractivity contribution in [2.24, 2.45) is 0 Å². The molecular formula is C12H12BrN3O. The van der Waals surface area contributed by atoms with Crippen molar-refractivity contribution in [3.05, 3.63) is 46.7 Å². The Balaban J connectivity index is 2.01. The normalized spacial score (nSPS) is 10.2. The number of amides is 1. The lowest BCUT2D eigenvalue weighted by atomic mass is 10.3. The van der Waals surface area contributed by atoms with Crippen LogP contribution in [0.4, 0.5) is 5.69 Å². The van der Waals surface area contributed by atoms with Crippen LogP contribution in [0.25, 0.3) is 0 Å². The first-order chi connectivity index (χ1) is 8.15. The van der Waals surface area contributed by atoms with E-state index < -0.39 is 0 Å². The molecule has 1 aromatic heterocycles. The van der Waals surface area contributed by atoms with Crippen molar-refractivity contribution in [2.75, 3.05) is 5.32 Å². The quantitative estimate of drug-likeness (QED) is 0.945. The van der Waals surface area contributed by atoms with E-state index >= 15 is 0 Å². The highest BCUT2D eigenvalue weighted by Crippen LogP contribution is 2.15. The summed E-state index contributed by atoms with van der Waals surface area (Å²) in [6.07, 6.45) is 1.68. The molecule has 0 spiro atoms. The number of anilines is 1. The van der Waals surface area contributed by atoms with Gasteiger partial charge in [-0.05, 0) is 31.2 Å². The molecule has 17 heavy (non-hydrogen) atoms. The molecule has 0 saturated carbocycles. The number of hydrogen-bond donors (Lipinski definition) is 1. The van der Waals surface area contributed by atoms with Crippen LogP contribution in [-0.2, 0) is 11.3 Å². The SMILES string of the molecule is Cc1ccnn1CC(=O)Nc1cccc(Br)c1. The highest BCUT2D eigenvalue weighted by atomic mass is 79.9. The van der Waals surface area contributed by atoms with Crippen LogP contribution in [0.1, 0.15) is 5.69 Å². The highest BCUT2D eigenvalue weighted by molar-refractivity contribution is 9.10. The molecule has 5 heteroatoms. The molecule has 0 aliphatic heterocycles. The summed E-state index contributed by atoms with van der Waals surface area (Å²) >= 11 is 3.36. The van der Waals surface area contributed by atoms with E-state index in [9.17, 15) is 4.79 Å². The summed E-state index contributed by atoms with van der Waals surface area (Å²) in [5, 5.41) is 6.88. The lowest BCUT2D eigenvalue weighted by Crippen LogP contribution is -2.20. The topological polar surface area (TPSA) is 46.9 Å². The molecule has 0 fully saturated rings. The lowest BCUT2D eigenvalue weighted by Gasteiger charge is -2.06. The second-order valence-corrected chi connectivity index (χ2v) is 4.60. The summed E-state index contributed by atoms with van der Waals surface area (Å²) in [6.45, 7) is 2.14. The molecule has 1 amide bonds. The molecule has 0 saturated heterocycles. The average molecular weight is 294 g/mol. The van der Waals surface area contributed by atoms with Crippen LogP contribution >= 0.6 is 15.9 Å². The van der Waals surface area contributed by atoms with Crippen LogP contribution in [0, 0.1) is 6.92 Å². The Labute approximate surface area is 108 Å². The summed E-state index contributed by atoms with van der Waals surface area (Å²) < 4.78 is 2.60. The molecule has 0 bridgehead atoms. The molecule has 2 aromatic rings. The number of nitrogens with one attached hydrogen (secondary N) is 1. The van der Waals surface area contributed by atoms with Crippen LogP contribution in [-0.4, -0.2) is 15.7 Å². The van der Waals surface area contributed by atoms with Gasteiger partial charge in [0.05, 0.1) is 0 Å². The van der Waals surface area contributed by atoms with Crippen molar-refractivity contribution in [1.82, 2.24) is 9.78 Å². The van der Waals surface area contributed by atoms with Crippen LogP contribution in [0.2, 0.25) is 0 Å². The minimum atomic E-state index is -0.0881. The Morgan fingerprint density at radius 2 is 2.29 bits per heavy atom. The van der Waals surface area contributed by atoms with E-state index in [-0.39, 0.29) is 12.5 Å². The van der Waals surface area contributed by atoms with Crippen molar-refractivity contribution in [2.45, 2.75) is 13.5 Å². The maximum atomic E-state index is 11.8. The fourth-order valence-corrected chi connectivity index (χ4v) is 1.87. The first kappa shape index (κ1) is 11.9. The van der Waals surface area contributed by atoms with Gasteiger partial charge in [0, 0.05) is 22.1 Å². The number of benzene rings is 1. The Kier molecular flexibility index (Phi) is 3.58. The first-order valence-electron chi connectivity index (χ1n) is 5.19. The van der Waals surface area contributed by atoms with Crippen molar-refractivity contribution >= 4 is 27.5 Å². The predicted octanol–water partition coefficient (Wildman–Crippen LogP) is 2.59. The van der Waals surface area contributed by atoms with E-state index in [0.717, 1.165) is 15.9 Å². The zero-order valence-electron chi connectivity index (χ0n) is 9.35. The van der Waals surface area contributed by atoms with Gasteiger partial charge in [-0.15, -0.1) is 0 Å². The van der Waals surface area contributed by atoms with Gasteiger partial charge in [0.15, 0.2) is 0 Å². The van der Waals surface area contributed by atoms with Gasteiger partial charge in [0.1, 0.15) is 6.54 Å². The van der Waals surface area contributed by atoms with Gasteiger partial charge in [0.2, 0.25) is 5.91 Å². The molecule has 0 atom stereocenters. The van der Waals surface area contributed by atoms with Crippen molar-refractivity contribution in [3.8, 4) is 0 Å². The Hall–Kier alpha value is -1.62. The maximum Gasteiger partial charge on any atom is 0.246 e. The lowest BCUT2D eigenvalue weighted by molar-refractivity contribution is -0.116. The third kappa shape index (κ3) is 3.17. The molecule has 88 valence electrons. The highest BCUT2D eigenvalue weighted by Gasteiger charge is 2.05. The van der Waals surface area contributed by atoms with E-state index in [1.165, 1.54) is 0 Å². The van der Waals surface area contributed by atoms with E-state index in [4.69, 9.17) is 0 Å². The molecule has 1 N–H and O–H groups in total. The Morgan fingerprint density at radius 1 is 1.47 bits per heavy atom. The fraction of sp³-hybridized carbons (Fsp3) is 0.167. The zero-order valence-corrected chi connectivity index (χ0v) is 10.9. The molecule has 2 rings (SSSR count). The number of nitrogens with zero attached hydrogens (tertiary/aromatic N) is 2. The Bertz CT molecular complexity index is 536. The number of carbonyl (C=O) groups is 1. The minimum absolute atomic E-state index is 0.0881. The number of halogens is 1. The summed E-state index contributed by atoms with van der Waals surface area (Å²) in [5.74, 6) is -0.0881. The second kappa shape index (κ2) is 5.14. The standard InChI is InChI=1S/C12H12BrN3O/c1-9-5-6-14-16(9)8-12(17)15-11-4-2-3-10(13)7-11/h2-7H,8H2,1H3,(H,15,17). The van der Waals surface area contributed by atoms with Crippen molar-refractivity contribution < 1.29 is 4.79 Å². The minimum Gasteiger partial charge on any atom is -0.324 e. The molecule has 0 radical (unpaired) electrons. The van der Waals surface area contributed by atoms with Crippen LogP contribution in [0.5, 0.6) is 0 Å². The van der Waals surface area contributed by atoms with Gasteiger partial charge >= 0.3 is 0 Å². The van der Waals surface area contributed by atoms with Crippen LogP contribution in [0.3, 0.4) is 0 Å². The largest absolute Gasteiger partial charge is 0.324 e. The fourth-order valence-electron chi connectivity index (χ4n) is 1.47. The third-order valence-corrected chi connectivity index (χ3v) is 2.82. The summed E-state index contributed by atoms with van der Waals surface area (Å²) in [7, 11) is 0. The van der Waals surface area contributed by atoms with Gasteiger partial charge < -0.3 is 5.32 Å². The maximum absolute atomic E-state index is 11.8. The molecule has 4 nitrogen and oxygen atoms in total. The smallest absolute Gasteiger partial charge is 0.246 e. The van der Waals surface area contributed by atoms with Gasteiger partial charge in [-0.2, -0.15) is 5.10 Å². The predicted molar refractivity (Wildman–Crippen MR) is 69.7 cm³/mol. The number of hydrogen-bond acceptors (Lipinski definition) is 2. The number of carbonyl (C=O) groups excluding carboxylic acids is 1. The van der Waals surface area contributed by atoms with Gasteiger partial charge in [0.25, 0.3) is 0 Å². The molecule has 1 aromatic carbocycles. The number of aryl methyl sites for hydroxylation is 1. The number of aromatic nitrogens is 2. The molecular weight excluding hydrogens is 282 g/mol. The van der Waals surface area contributed by atoms with Crippen molar-refractivity contribution in [1.29, 1.82) is 0 Å². The summed E-state index contributed by atoms with van der Waals surface area (Å²) in [6, 6.07) is 9.35. The third-order valence-electron chi connectivity index (χ3n) is 2.33. The van der Waals surface area contributed by atoms with Gasteiger partial charge in [-0.25, -0.2) is 0 Å². The monoisotopic (exact) mass is 293 g/mol.